The van der Waals surface area contributed by atoms with Crippen molar-refractivity contribution >= 4 is 56.8 Å². The first-order valence-electron chi connectivity index (χ1n) is 7.72. The highest BCUT2D eigenvalue weighted by atomic mass is 35.5. The summed E-state index contributed by atoms with van der Waals surface area (Å²) in [5, 5.41) is 11.0. The minimum Gasteiger partial charge on any atom is -0.302 e. The first kappa shape index (κ1) is 17.7. The second-order valence-corrected chi connectivity index (χ2v) is 8.62. The standard InChI is InChI=1S/C16H13ClN6S3/c1-3-23-13(9-5-4-6-10(17)7-9)21-22-15(23)26-14-11-12(18-8-19-14)20-16(24-2)25-11/h4-8H,3H2,1-2H3. The molecule has 0 saturated carbocycles. The average molecular weight is 421 g/mol. The van der Waals surface area contributed by atoms with Crippen molar-refractivity contribution in [3.63, 3.8) is 0 Å². The minimum absolute atomic E-state index is 0.675. The van der Waals surface area contributed by atoms with Crippen molar-refractivity contribution in [1.82, 2.24) is 29.7 Å². The van der Waals surface area contributed by atoms with Crippen LogP contribution in [-0.4, -0.2) is 36.0 Å². The number of fused-ring (bicyclic) bond motifs is 1. The number of hydrogen-bond donors (Lipinski definition) is 0. The molecule has 3 heterocycles. The number of thioether (sulfide) groups is 1. The van der Waals surface area contributed by atoms with Crippen LogP contribution in [0.2, 0.25) is 5.02 Å². The van der Waals surface area contributed by atoms with E-state index < -0.39 is 0 Å². The van der Waals surface area contributed by atoms with Gasteiger partial charge in [-0.05, 0) is 37.1 Å². The van der Waals surface area contributed by atoms with Gasteiger partial charge in [-0.2, -0.15) is 0 Å². The fourth-order valence-corrected chi connectivity index (χ4v) is 5.15. The highest BCUT2D eigenvalue weighted by molar-refractivity contribution is 8.00. The molecule has 0 aliphatic carbocycles. The van der Waals surface area contributed by atoms with Crippen LogP contribution in [0.5, 0.6) is 0 Å². The van der Waals surface area contributed by atoms with Gasteiger partial charge in [0.15, 0.2) is 21.0 Å². The third-order valence-corrected chi connectivity index (χ3v) is 7.01. The summed E-state index contributed by atoms with van der Waals surface area (Å²) in [7, 11) is 0. The van der Waals surface area contributed by atoms with Crippen LogP contribution >= 0.6 is 46.5 Å². The van der Waals surface area contributed by atoms with Crippen LogP contribution in [0, 0.1) is 0 Å². The van der Waals surface area contributed by atoms with Crippen molar-refractivity contribution in [1.29, 1.82) is 0 Å². The van der Waals surface area contributed by atoms with Gasteiger partial charge < -0.3 is 4.57 Å². The van der Waals surface area contributed by atoms with Crippen LogP contribution in [0.4, 0.5) is 0 Å². The molecule has 1 aromatic carbocycles. The number of benzene rings is 1. The molecule has 0 aliphatic heterocycles. The van der Waals surface area contributed by atoms with E-state index >= 15 is 0 Å². The van der Waals surface area contributed by atoms with Gasteiger partial charge in [0.05, 0.1) is 0 Å². The lowest BCUT2D eigenvalue weighted by atomic mass is 10.2. The summed E-state index contributed by atoms with van der Waals surface area (Å²) in [4.78, 5) is 13.2. The van der Waals surface area contributed by atoms with Crippen LogP contribution < -0.4 is 0 Å². The van der Waals surface area contributed by atoms with Crippen molar-refractivity contribution in [3.05, 3.63) is 35.6 Å². The van der Waals surface area contributed by atoms with E-state index in [4.69, 9.17) is 11.6 Å². The molecule has 10 heteroatoms. The molecule has 3 aromatic heterocycles. The number of halogens is 1. The molecule has 4 rings (SSSR count). The van der Waals surface area contributed by atoms with E-state index in [2.05, 4.69) is 36.6 Å². The number of hydrogen-bond acceptors (Lipinski definition) is 8. The second-order valence-electron chi connectivity index (χ2n) is 5.18. The predicted molar refractivity (Wildman–Crippen MR) is 107 cm³/mol. The molecule has 132 valence electrons. The maximum absolute atomic E-state index is 6.12. The second kappa shape index (κ2) is 7.51. The molecule has 4 aromatic rings. The first-order valence-corrected chi connectivity index (χ1v) is 11.0. The molecule has 0 radical (unpaired) electrons. The summed E-state index contributed by atoms with van der Waals surface area (Å²) in [5.41, 5.74) is 1.66. The Bertz CT molecular complexity index is 1080. The van der Waals surface area contributed by atoms with Crippen molar-refractivity contribution < 1.29 is 0 Å². The van der Waals surface area contributed by atoms with Crippen LogP contribution in [0.15, 0.2) is 45.1 Å². The van der Waals surface area contributed by atoms with Crippen LogP contribution in [0.25, 0.3) is 21.7 Å². The van der Waals surface area contributed by atoms with Crippen LogP contribution in [0.1, 0.15) is 6.92 Å². The predicted octanol–water partition coefficient (Wildman–Crippen LogP) is 4.89. The van der Waals surface area contributed by atoms with E-state index in [9.17, 15) is 0 Å². The molecule has 0 atom stereocenters. The largest absolute Gasteiger partial charge is 0.302 e. The summed E-state index contributed by atoms with van der Waals surface area (Å²) in [5.74, 6) is 0.789. The Balaban J connectivity index is 1.75. The summed E-state index contributed by atoms with van der Waals surface area (Å²) in [6.07, 6.45) is 3.54. The van der Waals surface area contributed by atoms with Gasteiger partial charge in [-0.15, -0.1) is 21.5 Å². The van der Waals surface area contributed by atoms with E-state index in [1.807, 2.05) is 30.5 Å². The van der Waals surface area contributed by atoms with Gasteiger partial charge in [-0.1, -0.05) is 35.5 Å². The van der Waals surface area contributed by atoms with Crippen molar-refractivity contribution in [2.24, 2.45) is 0 Å². The highest BCUT2D eigenvalue weighted by Crippen LogP contribution is 2.36. The molecule has 0 aliphatic rings. The van der Waals surface area contributed by atoms with E-state index in [1.54, 1.807) is 29.4 Å². The van der Waals surface area contributed by atoms with Crippen molar-refractivity contribution in [2.75, 3.05) is 6.26 Å². The number of nitrogens with zero attached hydrogens (tertiary/aromatic N) is 6. The Labute approximate surface area is 167 Å². The first-order chi connectivity index (χ1) is 12.7. The Kier molecular flexibility index (Phi) is 5.12. The summed E-state index contributed by atoms with van der Waals surface area (Å²) in [6, 6.07) is 7.63. The van der Waals surface area contributed by atoms with Gasteiger partial charge in [0.1, 0.15) is 16.1 Å². The molecule has 0 unspecified atom stereocenters. The highest BCUT2D eigenvalue weighted by Gasteiger charge is 2.18. The van der Waals surface area contributed by atoms with Gasteiger partial charge >= 0.3 is 0 Å². The zero-order chi connectivity index (χ0) is 18.1. The van der Waals surface area contributed by atoms with Gasteiger partial charge in [0.2, 0.25) is 0 Å². The monoisotopic (exact) mass is 420 g/mol. The molecule has 0 fully saturated rings. The van der Waals surface area contributed by atoms with Gasteiger partial charge in [-0.25, -0.2) is 15.0 Å². The van der Waals surface area contributed by atoms with E-state index in [0.717, 1.165) is 42.8 Å². The molecule has 6 nitrogen and oxygen atoms in total. The van der Waals surface area contributed by atoms with Crippen LogP contribution in [0.3, 0.4) is 0 Å². The van der Waals surface area contributed by atoms with Gasteiger partial charge in [0.25, 0.3) is 0 Å². The lowest BCUT2D eigenvalue weighted by Gasteiger charge is -2.07. The SMILES string of the molecule is CCn1c(Sc2ncnc3nc(SC)sc23)nnc1-c1cccc(Cl)c1. The topological polar surface area (TPSA) is 69.4 Å². The Morgan fingerprint density at radius 2 is 2.12 bits per heavy atom. The van der Waals surface area contributed by atoms with Crippen LogP contribution in [-0.2, 0) is 6.54 Å². The molecule has 0 bridgehead atoms. The van der Waals surface area contributed by atoms with Crippen molar-refractivity contribution in [3.8, 4) is 11.4 Å². The number of thiazole rings is 1. The fourth-order valence-electron chi connectivity index (χ4n) is 2.45. The smallest absolute Gasteiger partial charge is 0.197 e. The Morgan fingerprint density at radius 1 is 1.23 bits per heavy atom. The Hall–Kier alpha value is -1.68. The van der Waals surface area contributed by atoms with Gasteiger partial charge in [-0.3, -0.25) is 0 Å². The number of rotatable bonds is 5. The van der Waals surface area contributed by atoms with E-state index in [0.29, 0.717) is 5.02 Å². The molecule has 0 amide bonds. The molecular formula is C16H13ClN6S3. The quantitative estimate of drug-likeness (QED) is 0.336. The maximum atomic E-state index is 6.12. The fraction of sp³-hybridized carbons (Fsp3) is 0.188. The summed E-state index contributed by atoms with van der Waals surface area (Å²) < 4.78 is 4.00. The summed E-state index contributed by atoms with van der Waals surface area (Å²) in [6.45, 7) is 2.81. The Morgan fingerprint density at radius 3 is 2.88 bits per heavy atom. The third kappa shape index (κ3) is 3.32. The number of aromatic nitrogens is 6. The zero-order valence-electron chi connectivity index (χ0n) is 13.9. The zero-order valence-corrected chi connectivity index (χ0v) is 17.1. The molecule has 26 heavy (non-hydrogen) atoms. The lowest BCUT2D eigenvalue weighted by Crippen LogP contribution is -2.00. The summed E-state index contributed by atoms with van der Waals surface area (Å²) >= 11 is 10.8. The maximum Gasteiger partial charge on any atom is 0.197 e. The van der Waals surface area contributed by atoms with E-state index in [1.165, 1.54) is 11.8 Å². The van der Waals surface area contributed by atoms with E-state index in [-0.39, 0.29) is 0 Å². The average Bonchev–Trinajstić information content (AvgIpc) is 3.25. The lowest BCUT2D eigenvalue weighted by molar-refractivity contribution is 0.687. The van der Waals surface area contributed by atoms with Crippen molar-refractivity contribution in [2.45, 2.75) is 28.0 Å². The van der Waals surface area contributed by atoms with Gasteiger partial charge in [0, 0.05) is 17.1 Å². The molecular weight excluding hydrogens is 408 g/mol. The molecule has 0 spiro atoms. The third-order valence-electron chi connectivity index (χ3n) is 3.62. The molecule has 0 N–H and O–H groups in total. The normalized spacial score (nSPS) is 11.3. The minimum atomic E-state index is 0.675. The molecule has 0 saturated heterocycles.